The third-order valence-electron chi connectivity index (χ3n) is 2.38. The summed E-state index contributed by atoms with van der Waals surface area (Å²) in [6.07, 6.45) is 0.353. The maximum absolute atomic E-state index is 11.7. The van der Waals surface area contributed by atoms with Crippen LogP contribution in [-0.2, 0) is 9.59 Å². The molecule has 1 unspecified atom stereocenters. The molecule has 0 saturated heterocycles. The van der Waals surface area contributed by atoms with Gasteiger partial charge in [0.2, 0.25) is 5.91 Å². The third kappa shape index (κ3) is 3.01. The highest BCUT2D eigenvalue weighted by Gasteiger charge is 2.27. The molecule has 0 bridgehead atoms. The molecule has 0 fully saturated rings. The molecule has 2 rings (SSSR count). The fourth-order valence-electron chi connectivity index (χ4n) is 1.56. The molecule has 17 heavy (non-hydrogen) atoms. The van der Waals surface area contributed by atoms with Gasteiger partial charge < -0.3 is 10.4 Å². The number of aliphatic carboxylic acids is 1. The van der Waals surface area contributed by atoms with Crippen molar-refractivity contribution >= 4 is 45.3 Å². The molecular formula is C11H10BrNO3S. The van der Waals surface area contributed by atoms with Crippen LogP contribution in [0, 0.1) is 0 Å². The van der Waals surface area contributed by atoms with Crippen LogP contribution >= 0.6 is 27.7 Å². The molecule has 1 aliphatic heterocycles. The topological polar surface area (TPSA) is 66.4 Å². The van der Waals surface area contributed by atoms with Gasteiger partial charge in [0.15, 0.2) is 0 Å². The molecule has 0 saturated carbocycles. The van der Waals surface area contributed by atoms with Crippen LogP contribution in [0.15, 0.2) is 27.6 Å². The smallest absolute Gasteiger partial charge is 0.303 e. The fraction of sp³-hybridized carbons (Fsp3) is 0.273. The quantitative estimate of drug-likeness (QED) is 0.900. The molecule has 6 heteroatoms. The number of carbonyl (C=O) groups is 2. The van der Waals surface area contributed by atoms with Crippen LogP contribution in [0.4, 0.5) is 5.69 Å². The first kappa shape index (κ1) is 12.4. The maximum Gasteiger partial charge on any atom is 0.303 e. The normalized spacial score (nSPS) is 18.4. The van der Waals surface area contributed by atoms with Crippen LogP contribution in [-0.4, -0.2) is 22.2 Å². The van der Waals surface area contributed by atoms with Gasteiger partial charge in [-0.25, -0.2) is 0 Å². The van der Waals surface area contributed by atoms with E-state index in [4.69, 9.17) is 5.11 Å². The zero-order chi connectivity index (χ0) is 12.4. The number of halogens is 1. The van der Waals surface area contributed by atoms with Crippen molar-refractivity contribution in [2.45, 2.75) is 23.0 Å². The number of fused-ring (bicyclic) bond motifs is 1. The van der Waals surface area contributed by atoms with Gasteiger partial charge in [-0.1, -0.05) is 15.9 Å². The molecule has 0 spiro atoms. The second kappa shape index (κ2) is 5.10. The van der Waals surface area contributed by atoms with Gasteiger partial charge in [-0.2, -0.15) is 0 Å². The second-order valence-electron chi connectivity index (χ2n) is 3.67. The summed E-state index contributed by atoms with van der Waals surface area (Å²) in [5, 5.41) is 11.1. The number of hydrogen-bond donors (Lipinski definition) is 2. The summed E-state index contributed by atoms with van der Waals surface area (Å²) in [6, 6.07) is 5.61. The van der Waals surface area contributed by atoms with Gasteiger partial charge >= 0.3 is 5.97 Å². The predicted octanol–water partition coefficient (Wildman–Crippen LogP) is 2.73. The number of hydrogen-bond acceptors (Lipinski definition) is 3. The summed E-state index contributed by atoms with van der Waals surface area (Å²) in [4.78, 5) is 23.2. The van der Waals surface area contributed by atoms with Crippen LogP contribution in [0.1, 0.15) is 12.8 Å². The molecule has 90 valence electrons. The third-order valence-corrected chi connectivity index (χ3v) is 4.20. The van der Waals surface area contributed by atoms with E-state index in [9.17, 15) is 9.59 Å². The van der Waals surface area contributed by atoms with E-state index in [2.05, 4.69) is 21.2 Å². The van der Waals surface area contributed by atoms with Crippen LogP contribution in [0.5, 0.6) is 0 Å². The zero-order valence-electron chi connectivity index (χ0n) is 8.77. The van der Waals surface area contributed by atoms with E-state index in [1.165, 1.54) is 11.8 Å². The van der Waals surface area contributed by atoms with Crippen molar-refractivity contribution in [3.63, 3.8) is 0 Å². The number of thioether (sulfide) groups is 1. The monoisotopic (exact) mass is 315 g/mol. The summed E-state index contributed by atoms with van der Waals surface area (Å²) in [5.74, 6) is -0.996. The lowest BCUT2D eigenvalue weighted by Gasteiger charge is -2.23. The Morgan fingerprint density at radius 1 is 1.53 bits per heavy atom. The van der Waals surface area contributed by atoms with Crippen molar-refractivity contribution in [2.24, 2.45) is 0 Å². The largest absolute Gasteiger partial charge is 0.481 e. The molecule has 1 atom stereocenters. The Morgan fingerprint density at radius 2 is 2.29 bits per heavy atom. The Bertz CT molecular complexity index is 478. The minimum Gasteiger partial charge on any atom is -0.481 e. The minimum absolute atomic E-state index is 0.00836. The number of carboxylic acids is 1. The van der Waals surface area contributed by atoms with E-state index in [0.29, 0.717) is 6.42 Å². The summed E-state index contributed by atoms with van der Waals surface area (Å²) in [5.41, 5.74) is 0.787. The zero-order valence-corrected chi connectivity index (χ0v) is 11.2. The van der Waals surface area contributed by atoms with E-state index in [1.807, 2.05) is 18.2 Å². The molecule has 0 aromatic heterocycles. The highest BCUT2D eigenvalue weighted by atomic mass is 79.9. The lowest BCUT2D eigenvalue weighted by Crippen LogP contribution is -2.29. The second-order valence-corrected chi connectivity index (χ2v) is 5.83. The molecular weight excluding hydrogens is 306 g/mol. The molecule has 1 aliphatic rings. The number of nitrogens with one attached hydrogen (secondary N) is 1. The molecule has 0 aliphatic carbocycles. The number of carbonyl (C=O) groups excluding carboxylic acids is 1. The molecule has 1 aromatic rings. The standard InChI is InChI=1S/C11H10BrNO3S/c12-6-1-2-7-9(5-6)17-8(11(16)13-7)3-4-10(14)15/h1-2,5,8H,3-4H2,(H,13,16)(H,14,15). The Kier molecular flexibility index (Phi) is 3.73. The van der Waals surface area contributed by atoms with Gasteiger partial charge in [-0.05, 0) is 24.6 Å². The van der Waals surface area contributed by atoms with Crippen molar-refractivity contribution in [3.8, 4) is 0 Å². The van der Waals surface area contributed by atoms with Crippen LogP contribution < -0.4 is 5.32 Å². The van der Waals surface area contributed by atoms with Gasteiger partial charge in [-0.3, -0.25) is 9.59 Å². The number of carboxylic acid groups (broad SMARTS) is 1. The Balaban J connectivity index is 2.14. The van der Waals surface area contributed by atoms with Crippen LogP contribution in [0.2, 0.25) is 0 Å². The number of rotatable bonds is 3. The SMILES string of the molecule is O=C(O)CCC1Sc2cc(Br)ccc2NC1=O. The van der Waals surface area contributed by atoms with Crippen LogP contribution in [0.3, 0.4) is 0 Å². The van der Waals surface area contributed by atoms with Crippen molar-refractivity contribution in [3.05, 3.63) is 22.7 Å². The Morgan fingerprint density at radius 3 is 3.00 bits per heavy atom. The summed E-state index contributed by atoms with van der Waals surface area (Å²) in [7, 11) is 0. The summed E-state index contributed by atoms with van der Waals surface area (Å²) < 4.78 is 0.942. The number of amides is 1. The Labute approximate surface area is 111 Å². The molecule has 1 aromatic carbocycles. The summed E-state index contributed by atoms with van der Waals surface area (Å²) in [6.45, 7) is 0. The van der Waals surface area contributed by atoms with Gasteiger partial charge in [0.05, 0.1) is 10.9 Å². The van der Waals surface area contributed by atoms with E-state index < -0.39 is 5.97 Å². The van der Waals surface area contributed by atoms with E-state index in [0.717, 1.165) is 15.1 Å². The first-order valence-electron chi connectivity index (χ1n) is 5.05. The highest BCUT2D eigenvalue weighted by molar-refractivity contribution is 9.10. The van der Waals surface area contributed by atoms with Crippen molar-refractivity contribution in [2.75, 3.05) is 5.32 Å². The van der Waals surface area contributed by atoms with E-state index in [-0.39, 0.29) is 17.6 Å². The van der Waals surface area contributed by atoms with E-state index >= 15 is 0 Å². The fourth-order valence-corrected chi connectivity index (χ4v) is 3.22. The van der Waals surface area contributed by atoms with Gasteiger partial charge in [-0.15, -0.1) is 11.8 Å². The minimum atomic E-state index is -0.876. The molecule has 4 nitrogen and oxygen atoms in total. The molecule has 2 N–H and O–H groups in total. The van der Waals surface area contributed by atoms with Gasteiger partial charge in [0.25, 0.3) is 0 Å². The van der Waals surface area contributed by atoms with Crippen LogP contribution in [0.25, 0.3) is 0 Å². The summed E-state index contributed by atoms with van der Waals surface area (Å²) >= 11 is 4.78. The lowest BCUT2D eigenvalue weighted by atomic mass is 10.2. The molecule has 0 radical (unpaired) electrons. The Hall–Kier alpha value is -1.01. The number of benzene rings is 1. The van der Waals surface area contributed by atoms with E-state index in [1.54, 1.807) is 0 Å². The van der Waals surface area contributed by atoms with Gasteiger partial charge in [0.1, 0.15) is 0 Å². The molecule has 1 amide bonds. The first-order valence-corrected chi connectivity index (χ1v) is 6.72. The van der Waals surface area contributed by atoms with Crippen molar-refractivity contribution in [1.29, 1.82) is 0 Å². The lowest BCUT2D eigenvalue weighted by molar-refractivity contribution is -0.137. The molecule has 1 heterocycles. The maximum atomic E-state index is 11.7. The average Bonchev–Trinajstić information content (AvgIpc) is 2.26. The number of anilines is 1. The highest BCUT2D eigenvalue weighted by Crippen LogP contribution is 2.38. The van der Waals surface area contributed by atoms with Crippen molar-refractivity contribution < 1.29 is 14.7 Å². The van der Waals surface area contributed by atoms with Gasteiger partial charge in [0, 0.05) is 15.8 Å². The average molecular weight is 316 g/mol. The predicted molar refractivity (Wildman–Crippen MR) is 69.3 cm³/mol. The first-order chi connectivity index (χ1) is 8.06. The van der Waals surface area contributed by atoms with Crippen molar-refractivity contribution in [1.82, 2.24) is 0 Å².